The number of morpholine rings is 1. The van der Waals surface area contributed by atoms with Crippen LogP contribution in [0.5, 0.6) is 5.75 Å². The molecule has 20 heavy (non-hydrogen) atoms. The van der Waals surface area contributed by atoms with Gasteiger partial charge < -0.3 is 9.84 Å². The summed E-state index contributed by atoms with van der Waals surface area (Å²) in [4.78, 5) is 16.6. The number of hydrogen-bond donors (Lipinski definition) is 1. The van der Waals surface area contributed by atoms with Gasteiger partial charge in [0.1, 0.15) is 5.75 Å². The SMILES string of the molecule is O=[N+]([O-])c1ccc(O)c(/C=N/CCN2CCOCC2)c1. The number of benzene rings is 1. The Morgan fingerprint density at radius 2 is 2.20 bits per heavy atom. The largest absolute Gasteiger partial charge is 0.507 e. The Morgan fingerprint density at radius 1 is 1.45 bits per heavy atom. The molecular weight excluding hydrogens is 262 g/mol. The predicted octanol–water partition coefficient (Wildman–Crippen LogP) is 1.05. The highest BCUT2D eigenvalue weighted by Gasteiger charge is 2.10. The van der Waals surface area contributed by atoms with Crippen molar-refractivity contribution in [1.82, 2.24) is 4.90 Å². The van der Waals surface area contributed by atoms with Crippen LogP contribution < -0.4 is 0 Å². The van der Waals surface area contributed by atoms with Gasteiger partial charge in [0.05, 0.1) is 24.7 Å². The Labute approximate surface area is 116 Å². The van der Waals surface area contributed by atoms with E-state index in [1.54, 1.807) is 0 Å². The van der Waals surface area contributed by atoms with Crippen molar-refractivity contribution < 1.29 is 14.8 Å². The maximum atomic E-state index is 10.7. The molecule has 108 valence electrons. The Hall–Kier alpha value is -1.99. The van der Waals surface area contributed by atoms with Gasteiger partial charge in [-0.15, -0.1) is 0 Å². The molecule has 1 aliphatic heterocycles. The number of non-ortho nitro benzene ring substituents is 1. The summed E-state index contributed by atoms with van der Waals surface area (Å²) in [6.45, 7) is 4.69. The standard InChI is InChI=1S/C13H17N3O4/c17-13-2-1-12(16(18)19)9-11(13)10-14-3-4-15-5-7-20-8-6-15/h1-2,9-10,17H,3-8H2/b14-10+. The number of ether oxygens (including phenoxy) is 1. The Bertz CT molecular complexity index is 498. The molecular formula is C13H17N3O4. The summed E-state index contributed by atoms with van der Waals surface area (Å²) in [5, 5.41) is 20.3. The Kier molecular flexibility index (Phi) is 5.03. The topological polar surface area (TPSA) is 88.2 Å². The summed E-state index contributed by atoms with van der Waals surface area (Å²) in [5.41, 5.74) is 0.304. The number of nitrogens with zero attached hydrogens (tertiary/aromatic N) is 3. The van der Waals surface area contributed by atoms with E-state index in [0.717, 1.165) is 32.8 Å². The van der Waals surface area contributed by atoms with E-state index in [-0.39, 0.29) is 11.4 Å². The van der Waals surface area contributed by atoms with Crippen molar-refractivity contribution in [2.24, 2.45) is 4.99 Å². The Morgan fingerprint density at radius 3 is 2.90 bits per heavy atom. The van der Waals surface area contributed by atoms with Crippen molar-refractivity contribution in [3.05, 3.63) is 33.9 Å². The van der Waals surface area contributed by atoms with E-state index in [1.165, 1.54) is 24.4 Å². The van der Waals surface area contributed by atoms with Gasteiger partial charge in [0, 0.05) is 43.5 Å². The van der Waals surface area contributed by atoms with Crippen LogP contribution in [0.2, 0.25) is 0 Å². The van der Waals surface area contributed by atoms with Crippen LogP contribution in [0.1, 0.15) is 5.56 Å². The first kappa shape index (κ1) is 14.4. The highest BCUT2D eigenvalue weighted by Crippen LogP contribution is 2.21. The number of rotatable bonds is 5. The van der Waals surface area contributed by atoms with Gasteiger partial charge in [-0.05, 0) is 6.07 Å². The zero-order valence-electron chi connectivity index (χ0n) is 11.1. The van der Waals surface area contributed by atoms with Crippen LogP contribution in [-0.2, 0) is 4.74 Å². The van der Waals surface area contributed by atoms with Crippen molar-refractivity contribution in [3.63, 3.8) is 0 Å². The average Bonchev–Trinajstić information content (AvgIpc) is 2.46. The van der Waals surface area contributed by atoms with Crippen LogP contribution in [0.25, 0.3) is 0 Å². The maximum Gasteiger partial charge on any atom is 0.270 e. The van der Waals surface area contributed by atoms with Crippen molar-refractivity contribution in [2.45, 2.75) is 0 Å². The maximum absolute atomic E-state index is 10.7. The predicted molar refractivity (Wildman–Crippen MR) is 74.5 cm³/mol. The molecule has 0 aliphatic carbocycles. The molecule has 1 aromatic carbocycles. The first-order valence-corrected chi connectivity index (χ1v) is 6.44. The number of phenolic OH excluding ortho intramolecular Hbond substituents is 1. The number of phenols is 1. The molecule has 1 heterocycles. The summed E-state index contributed by atoms with van der Waals surface area (Å²) in [7, 11) is 0. The fourth-order valence-corrected chi connectivity index (χ4v) is 1.95. The second-order valence-corrected chi connectivity index (χ2v) is 4.49. The van der Waals surface area contributed by atoms with Crippen LogP contribution in [0.15, 0.2) is 23.2 Å². The first-order chi connectivity index (χ1) is 9.66. The zero-order valence-corrected chi connectivity index (χ0v) is 11.1. The van der Waals surface area contributed by atoms with Crippen LogP contribution in [0.4, 0.5) is 5.69 Å². The van der Waals surface area contributed by atoms with Gasteiger partial charge in [-0.2, -0.15) is 0 Å². The lowest BCUT2D eigenvalue weighted by atomic mass is 10.2. The average molecular weight is 279 g/mol. The molecule has 1 aromatic rings. The second-order valence-electron chi connectivity index (χ2n) is 4.49. The minimum Gasteiger partial charge on any atom is -0.507 e. The fourth-order valence-electron chi connectivity index (χ4n) is 1.95. The molecule has 0 atom stereocenters. The first-order valence-electron chi connectivity index (χ1n) is 6.44. The second kappa shape index (κ2) is 6.97. The van der Waals surface area contributed by atoms with Crippen LogP contribution >= 0.6 is 0 Å². The molecule has 0 spiro atoms. The molecule has 0 amide bonds. The molecule has 0 aromatic heterocycles. The van der Waals surface area contributed by atoms with Gasteiger partial charge in [0.15, 0.2) is 0 Å². The molecule has 1 aliphatic rings. The summed E-state index contributed by atoms with van der Waals surface area (Å²) >= 11 is 0. The quantitative estimate of drug-likeness (QED) is 0.494. The molecule has 1 saturated heterocycles. The van der Waals surface area contributed by atoms with Crippen molar-refractivity contribution in [3.8, 4) is 5.75 Å². The van der Waals surface area contributed by atoms with Crippen LogP contribution in [0.3, 0.4) is 0 Å². The van der Waals surface area contributed by atoms with E-state index in [9.17, 15) is 15.2 Å². The molecule has 0 bridgehead atoms. The van der Waals surface area contributed by atoms with Gasteiger partial charge in [-0.3, -0.25) is 20.0 Å². The van der Waals surface area contributed by atoms with Crippen molar-refractivity contribution >= 4 is 11.9 Å². The zero-order chi connectivity index (χ0) is 14.4. The van der Waals surface area contributed by atoms with E-state index < -0.39 is 4.92 Å². The smallest absolute Gasteiger partial charge is 0.270 e. The molecule has 2 rings (SSSR count). The molecule has 7 nitrogen and oxygen atoms in total. The van der Waals surface area contributed by atoms with Gasteiger partial charge in [-0.25, -0.2) is 0 Å². The Balaban J connectivity index is 1.90. The lowest BCUT2D eigenvalue weighted by molar-refractivity contribution is -0.384. The summed E-state index contributed by atoms with van der Waals surface area (Å²) in [6, 6.07) is 3.88. The number of nitro benzene ring substituents is 1. The van der Waals surface area contributed by atoms with Crippen LogP contribution in [0, 0.1) is 10.1 Å². The molecule has 1 N–H and O–H groups in total. The number of hydrogen-bond acceptors (Lipinski definition) is 6. The van der Waals surface area contributed by atoms with E-state index in [1.807, 2.05) is 0 Å². The van der Waals surface area contributed by atoms with Crippen LogP contribution in [-0.4, -0.2) is 60.5 Å². The lowest BCUT2D eigenvalue weighted by Gasteiger charge is -2.25. The third-order valence-electron chi connectivity index (χ3n) is 3.10. The van der Waals surface area contributed by atoms with E-state index in [2.05, 4.69) is 9.89 Å². The highest BCUT2D eigenvalue weighted by molar-refractivity contribution is 5.84. The highest BCUT2D eigenvalue weighted by atomic mass is 16.6. The summed E-state index contributed by atoms with van der Waals surface area (Å²) < 4.78 is 5.25. The summed E-state index contributed by atoms with van der Waals surface area (Å²) in [5.74, 6) is -0.00859. The number of aromatic hydroxyl groups is 1. The third-order valence-corrected chi connectivity index (χ3v) is 3.10. The molecule has 0 unspecified atom stereocenters. The lowest BCUT2D eigenvalue weighted by Crippen LogP contribution is -2.37. The van der Waals surface area contributed by atoms with Gasteiger partial charge >= 0.3 is 0 Å². The molecule has 0 radical (unpaired) electrons. The van der Waals surface area contributed by atoms with E-state index in [4.69, 9.17) is 4.74 Å². The minimum absolute atomic E-state index is 0.00859. The van der Waals surface area contributed by atoms with Crippen molar-refractivity contribution in [2.75, 3.05) is 39.4 Å². The molecule has 1 fully saturated rings. The molecule has 7 heteroatoms. The number of aliphatic imine (C=N–C) groups is 1. The van der Waals surface area contributed by atoms with Crippen molar-refractivity contribution in [1.29, 1.82) is 0 Å². The monoisotopic (exact) mass is 279 g/mol. The third kappa shape index (κ3) is 4.01. The van der Waals surface area contributed by atoms with Gasteiger partial charge in [0.25, 0.3) is 5.69 Å². The van der Waals surface area contributed by atoms with Gasteiger partial charge in [0.2, 0.25) is 0 Å². The summed E-state index contributed by atoms with van der Waals surface area (Å²) in [6.07, 6.45) is 1.47. The van der Waals surface area contributed by atoms with Gasteiger partial charge in [-0.1, -0.05) is 0 Å². The minimum atomic E-state index is -0.496. The number of nitro groups is 1. The normalized spacial score (nSPS) is 16.6. The fraction of sp³-hybridized carbons (Fsp3) is 0.462. The van der Waals surface area contributed by atoms with E-state index in [0.29, 0.717) is 12.1 Å². The van der Waals surface area contributed by atoms with E-state index >= 15 is 0 Å². The molecule has 0 saturated carbocycles.